The van der Waals surface area contributed by atoms with Gasteiger partial charge in [0, 0.05) is 56.7 Å². The van der Waals surface area contributed by atoms with Crippen LogP contribution in [-0.4, -0.2) is 81.8 Å². The fraction of sp³-hybridized carbons (Fsp3) is 0.233. The van der Waals surface area contributed by atoms with E-state index in [1.54, 1.807) is 34.1 Å². The first-order valence-corrected chi connectivity index (χ1v) is 14.0. The van der Waals surface area contributed by atoms with Crippen LogP contribution in [-0.2, 0) is 7.05 Å². The number of pyridine rings is 1. The number of tetrazole rings is 1. The van der Waals surface area contributed by atoms with Crippen molar-refractivity contribution in [2.24, 2.45) is 7.05 Å². The highest BCUT2D eigenvalue weighted by molar-refractivity contribution is 5.93. The molecule has 1 amide bonds. The first kappa shape index (κ1) is 27.5. The first-order valence-electron chi connectivity index (χ1n) is 14.0. The zero-order valence-electron chi connectivity index (χ0n) is 23.5. The quantitative estimate of drug-likeness (QED) is 0.266. The Bertz CT molecular complexity index is 1930. The molecule has 14 heteroatoms. The summed E-state index contributed by atoms with van der Waals surface area (Å²) >= 11 is 0. The largest absolute Gasteiger partial charge is 0.436 e. The van der Waals surface area contributed by atoms with Gasteiger partial charge >= 0.3 is 6.55 Å². The van der Waals surface area contributed by atoms with E-state index in [-0.39, 0.29) is 17.4 Å². The summed E-state index contributed by atoms with van der Waals surface area (Å²) < 4.78 is 34.2. The molecule has 5 heterocycles. The molecule has 1 saturated heterocycles. The molecule has 0 N–H and O–H groups in total. The summed E-state index contributed by atoms with van der Waals surface area (Å²) in [5, 5.41) is 15.6. The summed E-state index contributed by atoms with van der Waals surface area (Å²) in [6.45, 7) is -1.14. The first-order chi connectivity index (χ1) is 21.4. The molecular formula is C30H26F2N10O2. The average Bonchev–Trinajstić information content (AvgIpc) is 3.82. The van der Waals surface area contributed by atoms with Crippen LogP contribution < -0.4 is 0 Å². The number of rotatable bonds is 7. The molecule has 0 radical (unpaired) electrons. The summed E-state index contributed by atoms with van der Waals surface area (Å²) in [5.41, 5.74) is 5.00. The zero-order valence-corrected chi connectivity index (χ0v) is 23.5. The number of amides is 1. The fourth-order valence-electron chi connectivity index (χ4n) is 5.48. The van der Waals surface area contributed by atoms with E-state index >= 15 is 0 Å². The number of aryl methyl sites for hydroxylation is 1. The third kappa shape index (κ3) is 5.19. The lowest BCUT2D eigenvalue weighted by Gasteiger charge is -2.38. The molecular weight excluding hydrogens is 570 g/mol. The van der Waals surface area contributed by atoms with Crippen molar-refractivity contribution in [2.75, 3.05) is 26.2 Å². The van der Waals surface area contributed by atoms with Crippen LogP contribution in [0.4, 0.5) is 8.78 Å². The van der Waals surface area contributed by atoms with Gasteiger partial charge in [-0.2, -0.15) is 13.9 Å². The topological polar surface area (TPSA) is 124 Å². The van der Waals surface area contributed by atoms with Crippen molar-refractivity contribution in [1.29, 1.82) is 0 Å². The Morgan fingerprint density at radius 2 is 1.75 bits per heavy atom. The second-order valence-electron chi connectivity index (χ2n) is 10.4. The Balaban J connectivity index is 1.08. The molecule has 222 valence electrons. The van der Waals surface area contributed by atoms with E-state index in [2.05, 4.69) is 35.4 Å². The molecule has 2 aromatic carbocycles. The van der Waals surface area contributed by atoms with Crippen molar-refractivity contribution in [3.05, 3.63) is 96.2 Å². The second kappa shape index (κ2) is 11.4. The van der Waals surface area contributed by atoms with Crippen LogP contribution in [0, 0.1) is 0 Å². The molecule has 0 bridgehead atoms. The van der Waals surface area contributed by atoms with Gasteiger partial charge in [-0.15, -0.1) is 10.2 Å². The van der Waals surface area contributed by atoms with Gasteiger partial charge in [0.2, 0.25) is 5.89 Å². The second-order valence-corrected chi connectivity index (χ2v) is 10.4. The molecule has 0 saturated carbocycles. The molecule has 4 aromatic heterocycles. The Morgan fingerprint density at radius 3 is 2.48 bits per heavy atom. The van der Waals surface area contributed by atoms with Gasteiger partial charge < -0.3 is 9.32 Å². The maximum atomic E-state index is 13.5. The van der Waals surface area contributed by atoms with Gasteiger partial charge in [0.25, 0.3) is 5.91 Å². The van der Waals surface area contributed by atoms with E-state index in [1.807, 2.05) is 61.6 Å². The number of aromatic nitrogens is 8. The summed E-state index contributed by atoms with van der Waals surface area (Å²) in [5.74, 6) is 0.342. The molecule has 44 heavy (non-hydrogen) atoms. The van der Waals surface area contributed by atoms with Gasteiger partial charge in [-0.25, -0.2) is 4.98 Å². The summed E-state index contributed by atoms with van der Waals surface area (Å²) in [6, 6.07) is 20.1. The maximum Gasteiger partial charge on any atom is 0.350 e. The third-order valence-electron chi connectivity index (χ3n) is 7.68. The van der Waals surface area contributed by atoms with Crippen molar-refractivity contribution < 1.29 is 18.0 Å². The number of carbonyl (C=O) groups excluding carboxylic acids is 1. The van der Waals surface area contributed by atoms with Crippen LogP contribution in [0.15, 0.2) is 83.5 Å². The Kier molecular flexibility index (Phi) is 7.10. The normalized spacial score (nSPS) is 14.9. The Hall–Kier alpha value is -5.37. The average molecular weight is 597 g/mol. The van der Waals surface area contributed by atoms with Crippen LogP contribution in [0.2, 0.25) is 0 Å². The number of nitrogens with zero attached hydrogens (tertiary/aromatic N) is 10. The number of alkyl halides is 2. The van der Waals surface area contributed by atoms with Gasteiger partial charge in [0.1, 0.15) is 11.2 Å². The Morgan fingerprint density at radius 1 is 0.932 bits per heavy atom. The molecule has 7 rings (SSSR count). The minimum atomic E-state index is -2.88. The molecule has 1 fully saturated rings. The molecule has 1 atom stereocenters. The van der Waals surface area contributed by atoms with Crippen molar-refractivity contribution >= 4 is 17.0 Å². The highest BCUT2D eigenvalue weighted by Gasteiger charge is 2.32. The molecule has 0 aliphatic carbocycles. The van der Waals surface area contributed by atoms with Crippen LogP contribution in [0.25, 0.3) is 33.8 Å². The van der Waals surface area contributed by atoms with Crippen LogP contribution in [0.1, 0.15) is 34.5 Å². The molecule has 6 aromatic rings. The lowest BCUT2D eigenvalue weighted by Crippen LogP contribution is -2.50. The van der Waals surface area contributed by atoms with Gasteiger partial charge in [-0.1, -0.05) is 35.1 Å². The van der Waals surface area contributed by atoms with Gasteiger partial charge in [0.15, 0.2) is 11.4 Å². The van der Waals surface area contributed by atoms with E-state index < -0.39 is 12.6 Å². The number of fused-ring (bicyclic) bond motifs is 1. The molecule has 0 unspecified atom stereocenters. The number of hydrogen-bond donors (Lipinski definition) is 0. The maximum absolute atomic E-state index is 13.5. The van der Waals surface area contributed by atoms with Gasteiger partial charge in [-0.05, 0) is 47.2 Å². The van der Waals surface area contributed by atoms with Crippen LogP contribution >= 0.6 is 0 Å². The lowest BCUT2D eigenvalue weighted by atomic mass is 10.0. The summed E-state index contributed by atoms with van der Waals surface area (Å²) in [6.07, 6.45) is 3.31. The zero-order chi connectivity index (χ0) is 30.2. The van der Waals surface area contributed by atoms with Gasteiger partial charge in [-0.3, -0.25) is 19.4 Å². The minimum Gasteiger partial charge on any atom is -0.436 e. The lowest BCUT2D eigenvalue weighted by molar-refractivity contribution is 0.0385. The predicted octanol–water partition coefficient (Wildman–Crippen LogP) is 4.22. The summed E-state index contributed by atoms with van der Waals surface area (Å²) in [7, 11) is 1.88. The van der Waals surface area contributed by atoms with E-state index in [0.29, 0.717) is 53.5 Å². The van der Waals surface area contributed by atoms with E-state index in [0.717, 1.165) is 16.8 Å². The monoisotopic (exact) mass is 596 g/mol. The van der Waals surface area contributed by atoms with Crippen LogP contribution in [0.3, 0.4) is 0 Å². The molecule has 1 aliphatic rings. The highest BCUT2D eigenvalue weighted by Crippen LogP contribution is 2.30. The fourth-order valence-corrected chi connectivity index (χ4v) is 5.48. The number of carbonyl (C=O) groups is 1. The predicted molar refractivity (Wildman–Crippen MR) is 154 cm³/mol. The summed E-state index contributed by atoms with van der Waals surface area (Å²) in [4.78, 5) is 26.6. The van der Waals surface area contributed by atoms with Gasteiger partial charge in [0.05, 0.1) is 11.7 Å². The minimum absolute atomic E-state index is 0.177. The number of halogens is 2. The van der Waals surface area contributed by atoms with Crippen LogP contribution in [0.5, 0.6) is 0 Å². The molecule has 1 aliphatic heterocycles. The standard InChI is InChI=1S/C30H26F2N10O2/c1-39-24(10-12-34-39)20-7-8-25-22(17-20)35-28(44-25)21-9-11-33-23(18-21)29(43)41-15-13-40(14-16-41)26(19-5-3-2-4-6-19)27-36-38-42(37-27)30(31)32/h2-12,17-18,26,30H,13-16H2,1H3/t26-/m1/s1. The van der Waals surface area contributed by atoms with E-state index in [1.165, 1.54) is 0 Å². The molecule has 0 spiro atoms. The van der Waals surface area contributed by atoms with E-state index in [4.69, 9.17) is 4.42 Å². The van der Waals surface area contributed by atoms with Crippen molar-refractivity contribution in [2.45, 2.75) is 12.6 Å². The van der Waals surface area contributed by atoms with Crippen molar-refractivity contribution in [1.82, 2.24) is 49.8 Å². The number of hydrogen-bond acceptors (Lipinski definition) is 9. The number of piperazine rings is 1. The number of benzene rings is 2. The van der Waals surface area contributed by atoms with Crippen molar-refractivity contribution in [3.8, 4) is 22.7 Å². The highest BCUT2D eigenvalue weighted by atomic mass is 19.3. The smallest absolute Gasteiger partial charge is 0.350 e. The number of oxazole rings is 1. The van der Waals surface area contributed by atoms with E-state index in [9.17, 15) is 13.6 Å². The molecule has 12 nitrogen and oxygen atoms in total. The Labute approximate surface area is 249 Å². The SMILES string of the molecule is Cn1nccc1-c1ccc2oc(-c3ccnc(C(=O)N4CCN([C@H](c5ccccc5)c5nnn(C(F)F)n5)CC4)c3)nc2c1. The third-order valence-corrected chi connectivity index (χ3v) is 7.68. The van der Waals surface area contributed by atoms with Crippen molar-refractivity contribution in [3.63, 3.8) is 0 Å².